The second kappa shape index (κ2) is 9.34. The highest BCUT2D eigenvalue weighted by Crippen LogP contribution is 2.36. The number of halogens is 1. The Kier molecular flexibility index (Phi) is 6.37. The maximum absolute atomic E-state index is 12.3. The Labute approximate surface area is 179 Å². The van der Waals surface area contributed by atoms with Crippen LogP contribution < -0.4 is 10.1 Å². The number of morpholine rings is 1. The fraction of sp³-hybridized carbons (Fsp3) is 0.333. The molecule has 1 aliphatic rings. The van der Waals surface area contributed by atoms with Crippen molar-refractivity contribution in [3.63, 3.8) is 0 Å². The highest BCUT2D eigenvalue weighted by molar-refractivity contribution is 6.33. The molecule has 1 N–H and O–H groups in total. The Hall–Kier alpha value is -2.81. The first-order valence-corrected chi connectivity index (χ1v) is 10.1. The number of ether oxygens (including phenoxy) is 2. The van der Waals surface area contributed by atoms with Gasteiger partial charge in [-0.05, 0) is 30.3 Å². The molecule has 0 spiro atoms. The highest BCUT2D eigenvalue weighted by Gasteiger charge is 2.18. The number of amides is 1. The molecule has 1 amide bonds. The van der Waals surface area contributed by atoms with Crippen molar-refractivity contribution in [2.24, 2.45) is 7.05 Å². The molecular formula is C21H23ClN4O4. The van der Waals surface area contributed by atoms with Crippen LogP contribution in [0.4, 0.5) is 5.69 Å². The zero-order chi connectivity index (χ0) is 20.9. The monoisotopic (exact) mass is 430 g/mol. The predicted octanol–water partition coefficient (Wildman–Crippen LogP) is 3.30. The second-order valence-electron chi connectivity index (χ2n) is 6.91. The van der Waals surface area contributed by atoms with Crippen LogP contribution in [0.25, 0.3) is 11.3 Å². The van der Waals surface area contributed by atoms with E-state index in [4.69, 9.17) is 25.5 Å². The minimum Gasteiger partial charge on any atom is -0.492 e. The van der Waals surface area contributed by atoms with Crippen LogP contribution >= 0.6 is 11.6 Å². The number of benzene rings is 1. The molecule has 9 heteroatoms. The normalized spacial score (nSPS) is 14.6. The van der Waals surface area contributed by atoms with E-state index >= 15 is 0 Å². The van der Waals surface area contributed by atoms with Gasteiger partial charge in [0.1, 0.15) is 12.4 Å². The maximum atomic E-state index is 12.3. The van der Waals surface area contributed by atoms with Gasteiger partial charge in [0.2, 0.25) is 0 Å². The molecule has 1 fully saturated rings. The number of hydrogen-bond acceptors (Lipinski definition) is 6. The van der Waals surface area contributed by atoms with Gasteiger partial charge >= 0.3 is 0 Å². The molecule has 0 saturated carbocycles. The lowest BCUT2D eigenvalue weighted by Crippen LogP contribution is -2.38. The van der Waals surface area contributed by atoms with Gasteiger partial charge in [-0.1, -0.05) is 11.6 Å². The summed E-state index contributed by atoms with van der Waals surface area (Å²) in [6, 6.07) is 8.72. The summed E-state index contributed by atoms with van der Waals surface area (Å²) in [5, 5.41) is 7.57. The molecule has 3 aromatic rings. The summed E-state index contributed by atoms with van der Waals surface area (Å²) in [7, 11) is 1.81. The van der Waals surface area contributed by atoms with Crippen molar-refractivity contribution >= 4 is 23.2 Å². The number of hydrogen-bond donors (Lipinski definition) is 1. The molecule has 8 nitrogen and oxygen atoms in total. The first kappa shape index (κ1) is 20.5. The van der Waals surface area contributed by atoms with Crippen molar-refractivity contribution < 1.29 is 18.7 Å². The highest BCUT2D eigenvalue weighted by atomic mass is 35.5. The molecule has 0 atom stereocenters. The van der Waals surface area contributed by atoms with E-state index in [-0.39, 0.29) is 11.7 Å². The van der Waals surface area contributed by atoms with Crippen LogP contribution in [0.15, 0.2) is 47.2 Å². The lowest BCUT2D eigenvalue weighted by Gasteiger charge is -2.26. The molecule has 0 bridgehead atoms. The lowest BCUT2D eigenvalue weighted by molar-refractivity contribution is 0.0323. The third kappa shape index (κ3) is 4.67. The van der Waals surface area contributed by atoms with Gasteiger partial charge in [0.05, 0.1) is 36.4 Å². The van der Waals surface area contributed by atoms with Gasteiger partial charge in [-0.15, -0.1) is 0 Å². The van der Waals surface area contributed by atoms with E-state index < -0.39 is 0 Å². The molecule has 0 radical (unpaired) electrons. The zero-order valence-corrected chi connectivity index (χ0v) is 17.4. The van der Waals surface area contributed by atoms with Crippen LogP contribution in [0.3, 0.4) is 0 Å². The summed E-state index contributed by atoms with van der Waals surface area (Å²) in [6.45, 7) is 4.64. The van der Waals surface area contributed by atoms with E-state index in [0.717, 1.165) is 38.4 Å². The topological polar surface area (TPSA) is 81.8 Å². The van der Waals surface area contributed by atoms with Gasteiger partial charge < -0.3 is 19.2 Å². The summed E-state index contributed by atoms with van der Waals surface area (Å²) < 4.78 is 18.3. The van der Waals surface area contributed by atoms with Crippen LogP contribution in [-0.2, 0) is 11.8 Å². The fourth-order valence-electron chi connectivity index (χ4n) is 3.34. The van der Waals surface area contributed by atoms with E-state index in [2.05, 4.69) is 15.3 Å². The Morgan fingerprint density at radius 2 is 2.13 bits per heavy atom. The molecule has 4 rings (SSSR count). The average Bonchev–Trinajstić information content (AvgIpc) is 3.40. The van der Waals surface area contributed by atoms with Crippen LogP contribution in [0.2, 0.25) is 5.02 Å². The van der Waals surface area contributed by atoms with E-state index in [9.17, 15) is 4.79 Å². The van der Waals surface area contributed by atoms with Crippen LogP contribution in [0, 0.1) is 0 Å². The van der Waals surface area contributed by atoms with E-state index in [1.807, 2.05) is 19.2 Å². The third-order valence-electron chi connectivity index (χ3n) is 4.90. The quantitative estimate of drug-likeness (QED) is 0.619. The summed E-state index contributed by atoms with van der Waals surface area (Å²) >= 11 is 6.38. The summed E-state index contributed by atoms with van der Waals surface area (Å²) in [5.74, 6) is 0.578. The Bertz CT molecular complexity index is 977. The maximum Gasteiger partial charge on any atom is 0.291 e. The van der Waals surface area contributed by atoms with E-state index in [0.29, 0.717) is 28.8 Å². The number of carbonyl (C=O) groups excluding carboxylic acids is 1. The van der Waals surface area contributed by atoms with Gasteiger partial charge in [0, 0.05) is 37.9 Å². The lowest BCUT2D eigenvalue weighted by atomic mass is 10.1. The van der Waals surface area contributed by atoms with Crippen molar-refractivity contribution in [1.82, 2.24) is 14.7 Å². The van der Waals surface area contributed by atoms with Crippen molar-refractivity contribution in [1.29, 1.82) is 0 Å². The number of nitrogens with one attached hydrogen (secondary N) is 1. The predicted molar refractivity (Wildman–Crippen MR) is 113 cm³/mol. The molecule has 30 heavy (non-hydrogen) atoms. The molecule has 1 saturated heterocycles. The van der Waals surface area contributed by atoms with Gasteiger partial charge in [0.15, 0.2) is 5.76 Å². The number of nitrogens with zero attached hydrogens (tertiary/aromatic N) is 3. The molecular weight excluding hydrogens is 408 g/mol. The van der Waals surface area contributed by atoms with Crippen LogP contribution in [0.1, 0.15) is 10.6 Å². The first-order chi connectivity index (χ1) is 14.6. The first-order valence-electron chi connectivity index (χ1n) is 9.71. The van der Waals surface area contributed by atoms with Crippen LogP contribution in [0.5, 0.6) is 5.75 Å². The van der Waals surface area contributed by atoms with Crippen molar-refractivity contribution in [3.8, 4) is 17.0 Å². The Balaban J connectivity index is 1.55. The second-order valence-corrected chi connectivity index (χ2v) is 7.32. The summed E-state index contributed by atoms with van der Waals surface area (Å²) in [4.78, 5) is 14.6. The Morgan fingerprint density at radius 3 is 2.83 bits per heavy atom. The molecule has 3 heterocycles. The fourth-order valence-corrected chi connectivity index (χ4v) is 3.61. The van der Waals surface area contributed by atoms with Gasteiger partial charge in [-0.3, -0.25) is 14.4 Å². The largest absolute Gasteiger partial charge is 0.492 e. The Morgan fingerprint density at radius 1 is 1.30 bits per heavy atom. The molecule has 2 aromatic heterocycles. The summed E-state index contributed by atoms with van der Waals surface area (Å²) in [5.41, 5.74) is 2.07. The van der Waals surface area contributed by atoms with E-state index in [1.54, 1.807) is 29.1 Å². The average molecular weight is 431 g/mol. The molecule has 1 aromatic carbocycles. The molecule has 1 aliphatic heterocycles. The van der Waals surface area contributed by atoms with Gasteiger partial charge in [0.25, 0.3) is 5.91 Å². The molecule has 0 unspecified atom stereocenters. The number of aryl methyl sites for hydroxylation is 1. The van der Waals surface area contributed by atoms with Crippen molar-refractivity contribution in [3.05, 3.63) is 53.6 Å². The minimum atomic E-state index is -0.331. The van der Waals surface area contributed by atoms with Crippen molar-refractivity contribution in [2.75, 3.05) is 44.8 Å². The standard InChI is InChI=1S/C21H23ClN4O4/c1-25-20(17(22)14-23-25)16-13-15(24-21(27)19-3-2-9-29-19)4-5-18(16)30-12-8-26-6-10-28-11-7-26/h2-5,9,13-14H,6-8,10-12H2,1H3,(H,24,27). The number of rotatable bonds is 7. The van der Waals surface area contributed by atoms with Crippen molar-refractivity contribution in [2.45, 2.75) is 0 Å². The number of carbonyl (C=O) groups is 1. The van der Waals surface area contributed by atoms with Gasteiger partial charge in [-0.2, -0.15) is 5.10 Å². The van der Waals surface area contributed by atoms with Gasteiger partial charge in [-0.25, -0.2) is 0 Å². The molecule has 158 valence electrons. The third-order valence-corrected chi connectivity index (χ3v) is 5.18. The zero-order valence-electron chi connectivity index (χ0n) is 16.6. The van der Waals surface area contributed by atoms with Crippen LogP contribution in [-0.4, -0.2) is 60.0 Å². The number of furan rings is 1. The SMILES string of the molecule is Cn1ncc(Cl)c1-c1cc(NC(=O)c2ccco2)ccc1OCCN1CCOCC1. The minimum absolute atomic E-state index is 0.237. The summed E-state index contributed by atoms with van der Waals surface area (Å²) in [6.07, 6.45) is 3.05. The smallest absolute Gasteiger partial charge is 0.291 e. The number of anilines is 1. The molecule has 0 aliphatic carbocycles. The van der Waals surface area contributed by atoms with E-state index in [1.165, 1.54) is 6.26 Å². The number of aromatic nitrogens is 2.